The van der Waals surface area contributed by atoms with E-state index in [0.717, 1.165) is 4.70 Å². The molecule has 0 aliphatic carbocycles. The molecule has 0 unspecified atom stereocenters. The lowest BCUT2D eigenvalue weighted by molar-refractivity contribution is -0.113. The predicted octanol–water partition coefficient (Wildman–Crippen LogP) is 3.36. The van der Waals surface area contributed by atoms with Crippen LogP contribution in [0.15, 0.2) is 53.4 Å². The first-order chi connectivity index (χ1) is 11.0. The normalized spacial score (nSPS) is 11.5. The number of aromatic nitrogens is 1. The Bertz CT molecular complexity index is 969. The van der Waals surface area contributed by atoms with Gasteiger partial charge in [-0.3, -0.25) is 4.79 Å². The number of carbonyl (C=O) groups is 1. The van der Waals surface area contributed by atoms with E-state index in [2.05, 4.69) is 10.3 Å². The number of benzene rings is 2. The van der Waals surface area contributed by atoms with Crippen LogP contribution in [0.4, 0.5) is 5.13 Å². The molecule has 1 N–H and O–H groups in total. The molecule has 0 saturated carbocycles. The second-order valence-corrected chi connectivity index (χ2v) is 8.15. The first-order valence-electron chi connectivity index (χ1n) is 6.58. The molecule has 0 radical (unpaired) electrons. The van der Waals surface area contributed by atoms with Crippen LogP contribution in [0.3, 0.4) is 0 Å². The molecular weight excluding hydrogens is 356 g/mol. The van der Waals surface area contributed by atoms with Crippen molar-refractivity contribution in [1.29, 1.82) is 0 Å². The zero-order valence-corrected chi connectivity index (χ0v) is 14.1. The summed E-state index contributed by atoms with van der Waals surface area (Å²) in [4.78, 5) is 16.3. The number of sulfone groups is 1. The van der Waals surface area contributed by atoms with E-state index in [1.807, 2.05) is 6.07 Å². The van der Waals surface area contributed by atoms with Crippen LogP contribution in [0.2, 0.25) is 5.02 Å². The highest BCUT2D eigenvalue weighted by Gasteiger charge is 2.20. The summed E-state index contributed by atoms with van der Waals surface area (Å²) >= 11 is 7.27. The number of thiazole rings is 1. The minimum atomic E-state index is -3.68. The van der Waals surface area contributed by atoms with Crippen molar-refractivity contribution in [1.82, 2.24) is 4.98 Å². The highest BCUT2D eigenvalue weighted by Crippen LogP contribution is 2.30. The van der Waals surface area contributed by atoms with Crippen molar-refractivity contribution in [3.05, 3.63) is 53.6 Å². The van der Waals surface area contributed by atoms with E-state index in [0.29, 0.717) is 15.7 Å². The Morgan fingerprint density at radius 3 is 2.57 bits per heavy atom. The number of anilines is 1. The Morgan fingerprint density at radius 1 is 1.13 bits per heavy atom. The molecule has 0 saturated heterocycles. The monoisotopic (exact) mass is 366 g/mol. The fourth-order valence-electron chi connectivity index (χ4n) is 2.01. The SMILES string of the molecule is O=C(CS(=O)(=O)c1ccccc1)Nc1nc2c(Cl)cccc2s1. The summed E-state index contributed by atoms with van der Waals surface area (Å²) < 4.78 is 25.1. The van der Waals surface area contributed by atoms with Gasteiger partial charge in [-0.05, 0) is 24.3 Å². The topological polar surface area (TPSA) is 76.1 Å². The number of para-hydroxylation sites is 1. The molecule has 118 valence electrons. The number of nitrogens with zero attached hydrogens (tertiary/aromatic N) is 1. The predicted molar refractivity (Wildman–Crippen MR) is 91.8 cm³/mol. The summed E-state index contributed by atoms with van der Waals surface area (Å²) in [5.74, 6) is -1.27. The number of nitrogens with one attached hydrogen (secondary N) is 1. The quantitative estimate of drug-likeness (QED) is 0.768. The van der Waals surface area contributed by atoms with E-state index in [1.165, 1.54) is 23.5 Å². The van der Waals surface area contributed by atoms with Crippen molar-refractivity contribution in [3.8, 4) is 0 Å². The van der Waals surface area contributed by atoms with Gasteiger partial charge in [-0.25, -0.2) is 13.4 Å². The van der Waals surface area contributed by atoms with E-state index >= 15 is 0 Å². The number of hydrogen-bond acceptors (Lipinski definition) is 5. The average molecular weight is 367 g/mol. The van der Waals surface area contributed by atoms with Gasteiger partial charge in [0.15, 0.2) is 15.0 Å². The van der Waals surface area contributed by atoms with Gasteiger partial charge in [0, 0.05) is 0 Å². The molecule has 23 heavy (non-hydrogen) atoms. The number of hydrogen-bond donors (Lipinski definition) is 1. The lowest BCUT2D eigenvalue weighted by Crippen LogP contribution is -2.22. The Kier molecular flexibility index (Phi) is 4.34. The Hall–Kier alpha value is -1.96. The van der Waals surface area contributed by atoms with Crippen LogP contribution < -0.4 is 5.32 Å². The largest absolute Gasteiger partial charge is 0.301 e. The van der Waals surface area contributed by atoms with E-state index < -0.39 is 21.5 Å². The average Bonchev–Trinajstić information content (AvgIpc) is 2.91. The summed E-state index contributed by atoms with van der Waals surface area (Å²) in [5.41, 5.74) is 0.584. The molecule has 0 fully saturated rings. The summed E-state index contributed by atoms with van der Waals surface area (Å²) in [6, 6.07) is 13.2. The minimum absolute atomic E-state index is 0.113. The molecular formula is C15H11ClN2O3S2. The Labute approximate surface area is 141 Å². The Balaban J connectivity index is 1.77. The molecule has 3 aromatic rings. The minimum Gasteiger partial charge on any atom is -0.301 e. The maximum Gasteiger partial charge on any atom is 0.241 e. The van der Waals surface area contributed by atoms with Crippen molar-refractivity contribution in [3.63, 3.8) is 0 Å². The summed E-state index contributed by atoms with van der Waals surface area (Å²) in [7, 11) is -3.68. The highest BCUT2D eigenvalue weighted by molar-refractivity contribution is 7.92. The van der Waals surface area contributed by atoms with Gasteiger partial charge in [0.1, 0.15) is 11.3 Å². The number of amides is 1. The lowest BCUT2D eigenvalue weighted by Gasteiger charge is -2.04. The van der Waals surface area contributed by atoms with Gasteiger partial charge in [-0.1, -0.05) is 47.2 Å². The van der Waals surface area contributed by atoms with Crippen LogP contribution in [-0.2, 0) is 14.6 Å². The highest BCUT2D eigenvalue weighted by atomic mass is 35.5. The molecule has 8 heteroatoms. The van der Waals surface area contributed by atoms with Crippen LogP contribution >= 0.6 is 22.9 Å². The van der Waals surface area contributed by atoms with E-state index in [-0.39, 0.29) is 4.90 Å². The molecule has 5 nitrogen and oxygen atoms in total. The van der Waals surface area contributed by atoms with Crippen LogP contribution in [-0.4, -0.2) is 25.1 Å². The summed E-state index contributed by atoms with van der Waals surface area (Å²) in [5, 5.41) is 3.32. The van der Waals surface area contributed by atoms with Crippen LogP contribution in [0, 0.1) is 0 Å². The number of halogens is 1. The molecule has 0 aliphatic rings. The smallest absolute Gasteiger partial charge is 0.241 e. The van der Waals surface area contributed by atoms with Crippen molar-refractivity contribution in [2.75, 3.05) is 11.1 Å². The summed E-state index contributed by atoms with van der Waals surface area (Å²) in [6.07, 6.45) is 0. The molecule has 0 aliphatic heterocycles. The van der Waals surface area contributed by atoms with Crippen molar-refractivity contribution in [2.45, 2.75) is 4.90 Å². The molecule has 2 aromatic carbocycles. The third kappa shape index (κ3) is 3.52. The maximum absolute atomic E-state index is 12.2. The molecule has 1 heterocycles. The van der Waals surface area contributed by atoms with Gasteiger partial charge in [0.05, 0.1) is 14.6 Å². The third-order valence-corrected chi connectivity index (χ3v) is 5.91. The third-order valence-electron chi connectivity index (χ3n) is 3.04. The van der Waals surface area contributed by atoms with E-state index in [1.54, 1.807) is 30.3 Å². The van der Waals surface area contributed by atoms with E-state index in [9.17, 15) is 13.2 Å². The zero-order valence-electron chi connectivity index (χ0n) is 11.7. The van der Waals surface area contributed by atoms with Gasteiger partial charge in [-0.15, -0.1) is 0 Å². The van der Waals surface area contributed by atoms with Gasteiger partial charge in [-0.2, -0.15) is 0 Å². The second kappa shape index (κ2) is 6.27. The molecule has 0 atom stereocenters. The molecule has 3 rings (SSSR count). The Morgan fingerprint density at radius 2 is 1.87 bits per heavy atom. The lowest BCUT2D eigenvalue weighted by atomic mass is 10.3. The number of carbonyl (C=O) groups excluding carboxylic acids is 1. The zero-order chi connectivity index (χ0) is 16.4. The van der Waals surface area contributed by atoms with Crippen LogP contribution in [0.1, 0.15) is 0 Å². The fourth-order valence-corrected chi connectivity index (χ4v) is 4.35. The fraction of sp³-hybridized carbons (Fsp3) is 0.0667. The molecule has 1 amide bonds. The van der Waals surface area contributed by atoms with Crippen LogP contribution in [0.25, 0.3) is 10.2 Å². The second-order valence-electron chi connectivity index (χ2n) is 4.73. The van der Waals surface area contributed by atoms with Gasteiger partial charge in [0.2, 0.25) is 5.91 Å². The van der Waals surface area contributed by atoms with Crippen molar-refractivity contribution >= 4 is 54.0 Å². The first-order valence-corrected chi connectivity index (χ1v) is 9.43. The molecule has 0 bridgehead atoms. The van der Waals surface area contributed by atoms with Crippen LogP contribution in [0.5, 0.6) is 0 Å². The molecule has 0 spiro atoms. The molecule has 1 aromatic heterocycles. The van der Waals surface area contributed by atoms with Gasteiger partial charge >= 0.3 is 0 Å². The maximum atomic E-state index is 12.2. The summed E-state index contributed by atoms with van der Waals surface area (Å²) in [6.45, 7) is 0. The van der Waals surface area contributed by atoms with E-state index in [4.69, 9.17) is 11.6 Å². The van der Waals surface area contributed by atoms with Crippen molar-refractivity contribution < 1.29 is 13.2 Å². The van der Waals surface area contributed by atoms with Gasteiger partial charge < -0.3 is 5.32 Å². The first kappa shape index (κ1) is 15.9. The number of rotatable bonds is 4. The van der Waals surface area contributed by atoms with Gasteiger partial charge in [0.25, 0.3) is 0 Å². The number of fused-ring (bicyclic) bond motifs is 1. The van der Waals surface area contributed by atoms with Crippen molar-refractivity contribution in [2.24, 2.45) is 0 Å². The standard InChI is InChI=1S/C15H11ClN2O3S2/c16-11-7-4-8-12-14(11)18-15(22-12)17-13(19)9-23(20,21)10-5-2-1-3-6-10/h1-8H,9H2,(H,17,18,19).